The molecule has 1 aliphatic heterocycles. The molecular weight excluding hydrogens is 293 g/mol. The Morgan fingerprint density at radius 2 is 1.96 bits per heavy atom. The molecular formula is C19H24FNO2. The summed E-state index contributed by atoms with van der Waals surface area (Å²) < 4.78 is 18.6. The fraction of sp³-hybridized carbons (Fsp3) is 0.526. The average molecular weight is 317 g/mol. The van der Waals surface area contributed by atoms with Crippen LogP contribution in [-0.4, -0.2) is 31.0 Å². The van der Waals surface area contributed by atoms with E-state index in [-0.39, 0.29) is 17.5 Å². The molecule has 0 saturated carbocycles. The van der Waals surface area contributed by atoms with Crippen LogP contribution in [0.2, 0.25) is 0 Å². The van der Waals surface area contributed by atoms with Crippen molar-refractivity contribution < 1.29 is 13.9 Å². The van der Waals surface area contributed by atoms with Gasteiger partial charge in [0.2, 0.25) is 5.91 Å². The van der Waals surface area contributed by atoms with Crippen LogP contribution in [-0.2, 0) is 11.2 Å². The maximum absolute atomic E-state index is 13.6. The first-order valence-electron chi connectivity index (χ1n) is 8.42. The van der Waals surface area contributed by atoms with E-state index in [2.05, 4.69) is 12.2 Å². The second-order valence-corrected chi connectivity index (χ2v) is 6.58. The van der Waals surface area contributed by atoms with Crippen LogP contribution in [0, 0.1) is 17.7 Å². The maximum atomic E-state index is 13.6. The standard InChI is InChI=1S/C19H24FNO2/c1-23-18-10-9-14(11-17(18)20)5-4-8-19(22)21-12-15-6-2-3-7-16(15)13-21/h2-3,9-11,15-16H,4-8,12-13H2,1H3. The first-order valence-corrected chi connectivity index (χ1v) is 8.42. The van der Waals surface area contributed by atoms with Crippen LogP contribution in [0.4, 0.5) is 4.39 Å². The van der Waals surface area contributed by atoms with E-state index in [4.69, 9.17) is 4.74 Å². The maximum Gasteiger partial charge on any atom is 0.222 e. The van der Waals surface area contributed by atoms with Crippen LogP contribution in [0.15, 0.2) is 30.4 Å². The molecule has 0 radical (unpaired) electrons. The minimum Gasteiger partial charge on any atom is -0.494 e. The number of carbonyl (C=O) groups is 1. The van der Waals surface area contributed by atoms with Gasteiger partial charge in [-0.1, -0.05) is 18.2 Å². The van der Waals surface area contributed by atoms with Crippen molar-refractivity contribution in [3.8, 4) is 5.75 Å². The first kappa shape index (κ1) is 16.0. The van der Waals surface area contributed by atoms with Crippen LogP contribution >= 0.6 is 0 Å². The fourth-order valence-electron chi connectivity index (χ4n) is 3.69. The molecule has 1 fully saturated rings. The molecule has 1 aromatic carbocycles. The summed E-state index contributed by atoms with van der Waals surface area (Å²) in [6.07, 6.45) is 8.73. The minimum absolute atomic E-state index is 0.244. The van der Waals surface area contributed by atoms with Crippen LogP contribution in [0.25, 0.3) is 0 Å². The highest BCUT2D eigenvalue weighted by atomic mass is 19.1. The summed E-state index contributed by atoms with van der Waals surface area (Å²) in [6.45, 7) is 1.82. The van der Waals surface area contributed by atoms with Gasteiger partial charge in [-0.05, 0) is 55.2 Å². The molecule has 1 aliphatic carbocycles. The minimum atomic E-state index is -0.340. The second-order valence-electron chi connectivity index (χ2n) is 6.58. The van der Waals surface area contributed by atoms with E-state index >= 15 is 0 Å². The van der Waals surface area contributed by atoms with Gasteiger partial charge in [-0.3, -0.25) is 4.79 Å². The smallest absolute Gasteiger partial charge is 0.222 e. The molecule has 0 bridgehead atoms. The predicted molar refractivity (Wildman–Crippen MR) is 87.8 cm³/mol. The molecule has 23 heavy (non-hydrogen) atoms. The summed E-state index contributed by atoms with van der Waals surface area (Å²) in [7, 11) is 1.46. The lowest BCUT2D eigenvalue weighted by atomic mass is 9.86. The quantitative estimate of drug-likeness (QED) is 0.777. The molecule has 0 N–H and O–H groups in total. The van der Waals surface area contributed by atoms with Gasteiger partial charge in [-0.15, -0.1) is 0 Å². The molecule has 0 spiro atoms. The number of halogens is 1. The Morgan fingerprint density at radius 3 is 2.57 bits per heavy atom. The van der Waals surface area contributed by atoms with Crippen molar-refractivity contribution in [1.82, 2.24) is 4.90 Å². The van der Waals surface area contributed by atoms with Gasteiger partial charge in [0.1, 0.15) is 0 Å². The zero-order valence-corrected chi connectivity index (χ0v) is 13.6. The normalized spacial score (nSPS) is 23.0. The SMILES string of the molecule is COc1ccc(CCCC(=O)N2CC3CC=CCC3C2)cc1F. The van der Waals surface area contributed by atoms with Gasteiger partial charge in [-0.25, -0.2) is 4.39 Å². The highest BCUT2D eigenvalue weighted by Crippen LogP contribution is 2.33. The summed E-state index contributed by atoms with van der Waals surface area (Å²) in [6, 6.07) is 5.01. The Hall–Kier alpha value is -1.84. The molecule has 2 unspecified atom stereocenters. The summed E-state index contributed by atoms with van der Waals surface area (Å²) in [4.78, 5) is 14.4. The molecule has 3 rings (SSSR count). The third-order valence-corrected chi connectivity index (χ3v) is 5.05. The zero-order valence-electron chi connectivity index (χ0n) is 13.6. The molecule has 3 nitrogen and oxygen atoms in total. The van der Waals surface area contributed by atoms with Crippen LogP contribution in [0.5, 0.6) is 5.75 Å². The van der Waals surface area contributed by atoms with Gasteiger partial charge >= 0.3 is 0 Å². The summed E-state index contributed by atoms with van der Waals surface area (Å²) >= 11 is 0. The second kappa shape index (κ2) is 7.16. The molecule has 2 atom stereocenters. The number of hydrogen-bond donors (Lipinski definition) is 0. The van der Waals surface area contributed by atoms with Gasteiger partial charge in [0, 0.05) is 19.5 Å². The third-order valence-electron chi connectivity index (χ3n) is 5.05. The van der Waals surface area contributed by atoms with Gasteiger partial charge < -0.3 is 9.64 Å². The first-order chi connectivity index (χ1) is 11.2. The number of carbonyl (C=O) groups excluding carboxylic acids is 1. The van der Waals surface area contributed by atoms with Gasteiger partial charge in [0.25, 0.3) is 0 Å². The summed E-state index contributed by atoms with van der Waals surface area (Å²) in [5.74, 6) is 1.47. The number of nitrogens with zero attached hydrogens (tertiary/aromatic N) is 1. The van der Waals surface area contributed by atoms with E-state index in [0.29, 0.717) is 18.3 Å². The molecule has 1 saturated heterocycles. The highest BCUT2D eigenvalue weighted by Gasteiger charge is 2.34. The van der Waals surface area contributed by atoms with Crippen molar-refractivity contribution >= 4 is 5.91 Å². The van der Waals surface area contributed by atoms with Crippen molar-refractivity contribution in [2.24, 2.45) is 11.8 Å². The van der Waals surface area contributed by atoms with Gasteiger partial charge in [0.05, 0.1) is 7.11 Å². The van der Waals surface area contributed by atoms with E-state index in [1.165, 1.54) is 13.2 Å². The number of allylic oxidation sites excluding steroid dienone is 2. The Bertz CT molecular complexity index is 583. The number of fused-ring (bicyclic) bond motifs is 1. The Morgan fingerprint density at radius 1 is 1.26 bits per heavy atom. The average Bonchev–Trinajstić information content (AvgIpc) is 2.99. The Labute approximate surface area is 137 Å². The molecule has 0 aromatic heterocycles. The Kier molecular flexibility index (Phi) is 4.99. The third kappa shape index (κ3) is 3.74. The van der Waals surface area contributed by atoms with Crippen molar-refractivity contribution in [2.45, 2.75) is 32.1 Å². The lowest BCUT2D eigenvalue weighted by Gasteiger charge is -2.17. The topological polar surface area (TPSA) is 29.5 Å². The number of amides is 1. The molecule has 1 amide bonds. The van der Waals surface area contributed by atoms with Crippen LogP contribution in [0.1, 0.15) is 31.2 Å². The van der Waals surface area contributed by atoms with E-state index in [1.54, 1.807) is 6.07 Å². The van der Waals surface area contributed by atoms with Gasteiger partial charge in [0.15, 0.2) is 11.6 Å². The fourth-order valence-corrected chi connectivity index (χ4v) is 3.69. The number of rotatable bonds is 5. The summed E-state index contributed by atoms with van der Waals surface area (Å²) in [5.41, 5.74) is 0.912. The van der Waals surface area contributed by atoms with Crippen molar-refractivity contribution in [3.05, 3.63) is 41.7 Å². The van der Waals surface area contributed by atoms with Crippen molar-refractivity contribution in [3.63, 3.8) is 0 Å². The lowest BCUT2D eigenvalue weighted by Crippen LogP contribution is -2.28. The number of aryl methyl sites for hydroxylation is 1. The monoisotopic (exact) mass is 317 g/mol. The number of hydrogen-bond acceptors (Lipinski definition) is 2. The number of methoxy groups -OCH3 is 1. The number of likely N-dealkylation sites (tertiary alicyclic amines) is 1. The molecule has 1 aromatic rings. The lowest BCUT2D eigenvalue weighted by molar-refractivity contribution is -0.130. The van der Waals surface area contributed by atoms with Crippen molar-refractivity contribution in [2.75, 3.05) is 20.2 Å². The molecule has 1 heterocycles. The number of benzene rings is 1. The molecule has 2 aliphatic rings. The largest absolute Gasteiger partial charge is 0.494 e. The van der Waals surface area contributed by atoms with E-state index in [1.807, 2.05) is 11.0 Å². The van der Waals surface area contributed by atoms with E-state index in [0.717, 1.165) is 44.3 Å². The van der Waals surface area contributed by atoms with Crippen molar-refractivity contribution in [1.29, 1.82) is 0 Å². The Balaban J connectivity index is 1.45. The van der Waals surface area contributed by atoms with E-state index in [9.17, 15) is 9.18 Å². The molecule has 124 valence electrons. The van der Waals surface area contributed by atoms with Gasteiger partial charge in [-0.2, -0.15) is 0 Å². The van der Waals surface area contributed by atoms with Crippen LogP contribution < -0.4 is 4.74 Å². The zero-order chi connectivity index (χ0) is 16.2. The summed E-state index contributed by atoms with van der Waals surface area (Å²) in [5, 5.41) is 0. The van der Waals surface area contributed by atoms with Crippen LogP contribution in [0.3, 0.4) is 0 Å². The molecule has 4 heteroatoms. The van der Waals surface area contributed by atoms with E-state index < -0.39 is 0 Å². The highest BCUT2D eigenvalue weighted by molar-refractivity contribution is 5.76. The number of ether oxygens (including phenoxy) is 1. The predicted octanol–water partition coefficient (Wildman–Crippen LogP) is 3.58.